The van der Waals surface area contributed by atoms with Crippen LogP contribution in [0.4, 0.5) is 0 Å². The summed E-state index contributed by atoms with van der Waals surface area (Å²) in [4.78, 5) is 10.0. The van der Waals surface area contributed by atoms with Gasteiger partial charge in [-0.05, 0) is 78.4 Å². The minimum absolute atomic E-state index is 0.317. The van der Waals surface area contributed by atoms with E-state index in [9.17, 15) is 0 Å². The zero-order valence-electron chi connectivity index (χ0n) is 24.4. The summed E-state index contributed by atoms with van der Waals surface area (Å²) in [6.45, 7) is 10.8. The van der Waals surface area contributed by atoms with Gasteiger partial charge in [0.1, 0.15) is 22.6 Å². The Kier molecular flexibility index (Phi) is 5.36. The number of rotatable bonds is 4. The third-order valence-corrected chi connectivity index (χ3v) is 8.51. The lowest BCUT2D eigenvalue weighted by atomic mass is 10.0. The van der Waals surface area contributed by atoms with E-state index in [-0.39, 0.29) is 0 Å². The summed E-state index contributed by atoms with van der Waals surface area (Å²) in [6.07, 6.45) is 0. The van der Waals surface area contributed by atoms with Crippen LogP contribution in [0.15, 0.2) is 93.8 Å². The number of pyridine rings is 1. The fraction of sp³-hybridized carbons (Fsp3) is 0.189. The molecule has 0 radical (unpaired) electrons. The highest BCUT2D eigenvalue weighted by Gasteiger charge is 2.22. The molecule has 4 aromatic heterocycles. The zero-order chi connectivity index (χ0) is 28.7. The van der Waals surface area contributed by atoms with E-state index in [4.69, 9.17) is 18.8 Å². The lowest BCUT2D eigenvalue weighted by molar-refractivity contribution is 0.648. The molecule has 0 N–H and O–H groups in total. The van der Waals surface area contributed by atoms with Crippen molar-refractivity contribution in [3.8, 4) is 17.1 Å². The topological polar surface area (TPSA) is 57.0 Å². The minimum atomic E-state index is 0.317. The molecule has 206 valence electrons. The maximum absolute atomic E-state index is 6.55. The number of benzene rings is 4. The van der Waals surface area contributed by atoms with Gasteiger partial charge in [-0.25, -0.2) is 9.97 Å². The molecule has 0 spiro atoms. The molecule has 42 heavy (non-hydrogen) atoms. The first-order chi connectivity index (χ1) is 20.4. The molecular weight excluding hydrogens is 518 g/mol. The molecule has 0 amide bonds. The van der Waals surface area contributed by atoms with E-state index in [0.29, 0.717) is 17.5 Å². The van der Waals surface area contributed by atoms with Gasteiger partial charge in [-0.1, -0.05) is 58.0 Å². The van der Waals surface area contributed by atoms with Gasteiger partial charge in [0.15, 0.2) is 0 Å². The van der Waals surface area contributed by atoms with Gasteiger partial charge in [0.25, 0.3) is 0 Å². The van der Waals surface area contributed by atoms with Gasteiger partial charge in [-0.15, -0.1) is 0 Å². The Morgan fingerprint density at radius 3 is 2.26 bits per heavy atom. The van der Waals surface area contributed by atoms with Crippen LogP contribution in [0.3, 0.4) is 0 Å². The van der Waals surface area contributed by atoms with Crippen LogP contribution in [0.25, 0.3) is 72.1 Å². The first-order valence-corrected chi connectivity index (χ1v) is 14.6. The van der Waals surface area contributed by atoms with Gasteiger partial charge in [0, 0.05) is 33.3 Å². The van der Waals surface area contributed by atoms with E-state index in [0.717, 1.165) is 77.7 Å². The molecule has 8 aromatic rings. The molecule has 0 fully saturated rings. The number of hydrogen-bond donors (Lipinski definition) is 0. The molecule has 0 saturated heterocycles. The standard InChI is InChI=1S/C37H31N3O2/c1-20(2)23-11-14-25-26-15-12-24(19-33(26)41-32(25)18-23)40-31-9-7-6-8-30(31)38-36(40)28-13-10-22(5)34-27-16-17-29(21(3)4)39-37(27)42-35(28)34/h6-21H,1-5H3. The minimum Gasteiger partial charge on any atom is -0.456 e. The van der Waals surface area contributed by atoms with Gasteiger partial charge in [-0.2, -0.15) is 0 Å². The number of aryl methyl sites for hydroxylation is 1. The quantitative estimate of drug-likeness (QED) is 0.219. The van der Waals surface area contributed by atoms with Crippen LogP contribution in [0, 0.1) is 6.92 Å². The van der Waals surface area contributed by atoms with Gasteiger partial charge in [0.2, 0.25) is 5.71 Å². The SMILES string of the molecule is Cc1ccc(-c2nc3ccccc3n2-c2ccc3c(c2)oc2cc(C(C)C)ccc23)c2oc3nc(C(C)C)ccc3c12. The van der Waals surface area contributed by atoms with Crippen LogP contribution in [-0.4, -0.2) is 14.5 Å². The predicted molar refractivity (Wildman–Crippen MR) is 172 cm³/mol. The number of furan rings is 2. The maximum Gasteiger partial charge on any atom is 0.227 e. The van der Waals surface area contributed by atoms with Crippen LogP contribution < -0.4 is 0 Å². The smallest absolute Gasteiger partial charge is 0.227 e. The Hall–Kier alpha value is -4.90. The van der Waals surface area contributed by atoms with Gasteiger partial charge in [-0.3, -0.25) is 4.57 Å². The Labute approximate surface area is 243 Å². The average molecular weight is 550 g/mol. The van der Waals surface area contributed by atoms with Crippen molar-refractivity contribution in [1.29, 1.82) is 0 Å². The summed E-state index contributed by atoms with van der Waals surface area (Å²) in [5.74, 6) is 1.58. The molecule has 0 aliphatic rings. The highest BCUT2D eigenvalue weighted by atomic mass is 16.3. The van der Waals surface area contributed by atoms with Gasteiger partial charge >= 0.3 is 0 Å². The Morgan fingerprint density at radius 2 is 1.45 bits per heavy atom. The van der Waals surface area contributed by atoms with E-state index in [1.807, 2.05) is 6.07 Å². The van der Waals surface area contributed by atoms with Crippen molar-refractivity contribution >= 4 is 55.0 Å². The van der Waals surface area contributed by atoms with Crippen LogP contribution in [0.1, 0.15) is 56.4 Å². The largest absolute Gasteiger partial charge is 0.456 e. The summed E-state index contributed by atoms with van der Waals surface area (Å²) < 4.78 is 15.2. The third-order valence-electron chi connectivity index (χ3n) is 8.51. The summed E-state index contributed by atoms with van der Waals surface area (Å²) in [7, 11) is 0. The first kappa shape index (κ1) is 24.9. The van der Waals surface area contributed by atoms with Gasteiger partial charge < -0.3 is 8.83 Å². The number of nitrogens with zero attached hydrogens (tertiary/aromatic N) is 3. The summed E-state index contributed by atoms with van der Waals surface area (Å²) in [5.41, 5.74) is 10.6. The predicted octanol–water partition coefficient (Wildman–Crippen LogP) is 10.4. The molecule has 0 atom stereocenters. The molecule has 5 nitrogen and oxygen atoms in total. The molecule has 0 unspecified atom stereocenters. The van der Waals surface area contributed by atoms with Crippen molar-refractivity contribution in [2.45, 2.75) is 46.5 Å². The summed E-state index contributed by atoms with van der Waals surface area (Å²) in [6, 6.07) is 29.8. The first-order valence-electron chi connectivity index (χ1n) is 14.6. The normalized spacial score (nSPS) is 12.4. The van der Waals surface area contributed by atoms with E-state index in [1.54, 1.807) is 0 Å². The Balaban J connectivity index is 1.39. The molecule has 8 rings (SSSR count). The molecule has 0 saturated carbocycles. The fourth-order valence-corrected chi connectivity index (χ4v) is 6.19. The van der Waals surface area contributed by atoms with Crippen LogP contribution in [-0.2, 0) is 0 Å². The van der Waals surface area contributed by atoms with Crippen LogP contribution >= 0.6 is 0 Å². The second-order valence-corrected chi connectivity index (χ2v) is 11.9. The Bertz CT molecular complexity index is 2330. The highest BCUT2D eigenvalue weighted by molar-refractivity contribution is 6.10. The lowest BCUT2D eigenvalue weighted by Crippen LogP contribution is -1.98. The molecule has 0 bridgehead atoms. The van der Waals surface area contributed by atoms with Crippen LogP contribution in [0.2, 0.25) is 0 Å². The molecule has 4 heterocycles. The van der Waals surface area contributed by atoms with Crippen molar-refractivity contribution in [2.75, 3.05) is 0 Å². The van der Waals surface area contributed by atoms with Crippen molar-refractivity contribution in [3.63, 3.8) is 0 Å². The number of imidazole rings is 1. The second-order valence-electron chi connectivity index (χ2n) is 11.9. The maximum atomic E-state index is 6.55. The Morgan fingerprint density at radius 1 is 0.690 bits per heavy atom. The van der Waals surface area contributed by atoms with E-state index < -0.39 is 0 Å². The van der Waals surface area contributed by atoms with E-state index in [2.05, 4.69) is 118 Å². The summed E-state index contributed by atoms with van der Waals surface area (Å²) in [5, 5.41) is 4.35. The van der Waals surface area contributed by atoms with Crippen molar-refractivity contribution in [2.24, 2.45) is 0 Å². The second kappa shape index (κ2) is 9.05. The molecule has 4 aromatic carbocycles. The monoisotopic (exact) mass is 549 g/mol. The van der Waals surface area contributed by atoms with E-state index >= 15 is 0 Å². The number of hydrogen-bond acceptors (Lipinski definition) is 4. The van der Waals surface area contributed by atoms with Crippen molar-refractivity contribution in [1.82, 2.24) is 14.5 Å². The summed E-state index contributed by atoms with van der Waals surface area (Å²) >= 11 is 0. The van der Waals surface area contributed by atoms with Crippen LogP contribution in [0.5, 0.6) is 0 Å². The number of aromatic nitrogens is 3. The molecular formula is C37H31N3O2. The molecule has 0 aliphatic carbocycles. The number of para-hydroxylation sites is 2. The average Bonchev–Trinajstić information content (AvgIpc) is 3.67. The molecule has 5 heteroatoms. The number of fused-ring (bicyclic) bond motifs is 7. The highest BCUT2D eigenvalue weighted by Crippen LogP contribution is 2.40. The lowest BCUT2D eigenvalue weighted by Gasteiger charge is -2.11. The van der Waals surface area contributed by atoms with E-state index in [1.165, 1.54) is 5.56 Å². The fourth-order valence-electron chi connectivity index (χ4n) is 6.19. The van der Waals surface area contributed by atoms with Crippen molar-refractivity contribution in [3.05, 3.63) is 102 Å². The van der Waals surface area contributed by atoms with Gasteiger partial charge in [0.05, 0.1) is 22.3 Å². The zero-order valence-corrected chi connectivity index (χ0v) is 24.4. The third kappa shape index (κ3) is 3.63. The molecule has 0 aliphatic heterocycles. The van der Waals surface area contributed by atoms with Crippen molar-refractivity contribution < 1.29 is 8.83 Å².